The maximum absolute atomic E-state index is 6.03. The van der Waals surface area contributed by atoms with Crippen LogP contribution in [-0.4, -0.2) is 15.0 Å². The van der Waals surface area contributed by atoms with Crippen LogP contribution in [0.15, 0.2) is 48.7 Å². The van der Waals surface area contributed by atoms with Crippen molar-refractivity contribution >= 4 is 39.2 Å². The first kappa shape index (κ1) is 12.2. The van der Waals surface area contributed by atoms with E-state index in [1.165, 1.54) is 0 Å². The van der Waals surface area contributed by atoms with Crippen molar-refractivity contribution in [1.29, 1.82) is 0 Å². The number of benzene rings is 2. The van der Waals surface area contributed by atoms with Gasteiger partial charge in [-0.2, -0.15) is 0 Å². The van der Waals surface area contributed by atoms with Crippen LogP contribution in [0.1, 0.15) is 0 Å². The molecule has 3 N–H and O–H groups in total. The Morgan fingerprint density at radius 2 is 1.90 bits per heavy atom. The molecule has 4 nitrogen and oxygen atoms in total. The van der Waals surface area contributed by atoms with Crippen molar-refractivity contribution in [1.82, 2.24) is 15.0 Å². The molecule has 0 unspecified atom stereocenters. The molecule has 0 bridgehead atoms. The third-order valence-electron chi connectivity index (χ3n) is 3.47. The third-order valence-corrected chi connectivity index (χ3v) is 3.69. The summed E-state index contributed by atoms with van der Waals surface area (Å²) < 4.78 is 0. The van der Waals surface area contributed by atoms with E-state index >= 15 is 0 Å². The fourth-order valence-corrected chi connectivity index (χ4v) is 2.76. The zero-order chi connectivity index (χ0) is 14.4. The number of nitrogens with two attached hydrogens (primary N) is 1. The van der Waals surface area contributed by atoms with Crippen molar-refractivity contribution in [2.75, 3.05) is 5.73 Å². The summed E-state index contributed by atoms with van der Waals surface area (Å²) in [5.41, 5.74) is 9.94. The van der Waals surface area contributed by atoms with Crippen molar-refractivity contribution < 1.29 is 0 Å². The number of fused-ring (bicyclic) bond motifs is 2. The van der Waals surface area contributed by atoms with Crippen LogP contribution in [0.25, 0.3) is 33.3 Å². The second-order valence-corrected chi connectivity index (χ2v) is 5.29. The quantitative estimate of drug-likeness (QED) is 0.521. The predicted molar refractivity (Wildman–Crippen MR) is 86.3 cm³/mol. The van der Waals surface area contributed by atoms with Crippen molar-refractivity contribution in [2.45, 2.75) is 0 Å². The Morgan fingerprint density at radius 3 is 2.81 bits per heavy atom. The standard InChI is InChI=1S/C16H11ClN4/c17-10-7-12(18)15-13(8-10)20-16(21-15)11-5-1-3-9-4-2-6-19-14(9)11/h1-8H,18H2,(H,20,21). The van der Waals surface area contributed by atoms with E-state index in [2.05, 4.69) is 15.0 Å². The number of halogens is 1. The number of rotatable bonds is 1. The summed E-state index contributed by atoms with van der Waals surface area (Å²) in [6.07, 6.45) is 1.78. The zero-order valence-corrected chi connectivity index (χ0v) is 11.7. The number of nitrogens with zero attached hydrogens (tertiary/aromatic N) is 2. The van der Waals surface area contributed by atoms with E-state index in [1.807, 2.05) is 36.4 Å². The number of hydrogen-bond acceptors (Lipinski definition) is 3. The molecule has 2 aromatic carbocycles. The van der Waals surface area contributed by atoms with Gasteiger partial charge in [0.05, 0.1) is 16.7 Å². The summed E-state index contributed by atoms with van der Waals surface area (Å²) in [7, 11) is 0. The van der Waals surface area contributed by atoms with E-state index in [4.69, 9.17) is 17.3 Å². The van der Waals surface area contributed by atoms with Crippen LogP contribution in [0.3, 0.4) is 0 Å². The number of pyridine rings is 1. The Bertz CT molecular complexity index is 969. The summed E-state index contributed by atoms with van der Waals surface area (Å²) in [5.74, 6) is 0.739. The number of para-hydroxylation sites is 1. The van der Waals surface area contributed by atoms with Gasteiger partial charge in [-0.25, -0.2) is 4.98 Å². The lowest BCUT2D eigenvalue weighted by molar-refractivity contribution is 1.32. The van der Waals surface area contributed by atoms with Gasteiger partial charge in [0.25, 0.3) is 0 Å². The topological polar surface area (TPSA) is 67.6 Å². The molecule has 2 aromatic heterocycles. The van der Waals surface area contributed by atoms with Gasteiger partial charge < -0.3 is 10.7 Å². The molecule has 0 atom stereocenters. The number of nitrogens with one attached hydrogen (secondary N) is 1. The molecule has 102 valence electrons. The fraction of sp³-hybridized carbons (Fsp3) is 0. The monoisotopic (exact) mass is 294 g/mol. The lowest BCUT2D eigenvalue weighted by Gasteiger charge is -2.01. The number of aromatic amines is 1. The number of H-pyrrole nitrogens is 1. The Kier molecular flexibility index (Phi) is 2.59. The Balaban J connectivity index is 2.03. The molecule has 0 fully saturated rings. The predicted octanol–water partition coefficient (Wildman–Crippen LogP) is 4.01. The highest BCUT2D eigenvalue weighted by molar-refractivity contribution is 6.31. The number of anilines is 1. The molecule has 0 aliphatic carbocycles. The van der Waals surface area contributed by atoms with Gasteiger partial charge >= 0.3 is 0 Å². The van der Waals surface area contributed by atoms with Gasteiger partial charge in [-0.05, 0) is 24.3 Å². The van der Waals surface area contributed by atoms with Crippen LogP contribution >= 0.6 is 11.6 Å². The van der Waals surface area contributed by atoms with E-state index in [0.29, 0.717) is 10.7 Å². The first-order chi connectivity index (χ1) is 10.2. The first-order valence-electron chi connectivity index (χ1n) is 6.51. The Labute approximate surface area is 125 Å². The summed E-state index contributed by atoms with van der Waals surface area (Å²) in [5, 5.41) is 1.66. The van der Waals surface area contributed by atoms with Crippen molar-refractivity contribution in [2.24, 2.45) is 0 Å². The number of imidazole rings is 1. The number of nitrogen functional groups attached to an aromatic ring is 1. The van der Waals surface area contributed by atoms with Gasteiger partial charge in [-0.3, -0.25) is 4.98 Å². The molecule has 21 heavy (non-hydrogen) atoms. The van der Waals surface area contributed by atoms with Crippen LogP contribution in [0.4, 0.5) is 5.69 Å². The minimum Gasteiger partial charge on any atom is -0.397 e. The average Bonchev–Trinajstić information content (AvgIpc) is 2.90. The Morgan fingerprint density at radius 1 is 1.05 bits per heavy atom. The van der Waals surface area contributed by atoms with Crippen molar-refractivity contribution in [3.05, 3.63) is 53.7 Å². The first-order valence-corrected chi connectivity index (χ1v) is 6.89. The van der Waals surface area contributed by atoms with Crippen LogP contribution < -0.4 is 5.73 Å². The van der Waals surface area contributed by atoms with Gasteiger partial charge in [0.1, 0.15) is 11.3 Å². The normalized spacial score (nSPS) is 11.3. The van der Waals surface area contributed by atoms with Gasteiger partial charge in [-0.1, -0.05) is 29.8 Å². The zero-order valence-electron chi connectivity index (χ0n) is 11.0. The lowest BCUT2D eigenvalue weighted by atomic mass is 10.1. The smallest absolute Gasteiger partial charge is 0.140 e. The average molecular weight is 295 g/mol. The van der Waals surface area contributed by atoms with Gasteiger partial charge in [0.15, 0.2) is 0 Å². The molecule has 0 amide bonds. The summed E-state index contributed by atoms with van der Waals surface area (Å²) in [6, 6.07) is 13.5. The largest absolute Gasteiger partial charge is 0.397 e. The second kappa shape index (κ2) is 4.46. The molecule has 5 heteroatoms. The molecule has 0 spiro atoms. The fourth-order valence-electron chi connectivity index (χ4n) is 2.53. The molecule has 0 saturated heterocycles. The van der Waals surface area contributed by atoms with Crippen LogP contribution in [0.5, 0.6) is 0 Å². The molecule has 2 heterocycles. The lowest BCUT2D eigenvalue weighted by Crippen LogP contribution is -1.87. The van der Waals surface area contributed by atoms with E-state index in [9.17, 15) is 0 Å². The van der Waals surface area contributed by atoms with Gasteiger partial charge in [0, 0.05) is 22.2 Å². The van der Waals surface area contributed by atoms with E-state index in [0.717, 1.165) is 33.3 Å². The molecule has 4 aromatic rings. The number of hydrogen-bond donors (Lipinski definition) is 2. The molecule has 4 rings (SSSR count). The van der Waals surface area contributed by atoms with Crippen LogP contribution in [-0.2, 0) is 0 Å². The van der Waals surface area contributed by atoms with E-state index < -0.39 is 0 Å². The summed E-state index contributed by atoms with van der Waals surface area (Å²) >= 11 is 6.03. The Hall–Kier alpha value is -2.59. The molecule has 0 radical (unpaired) electrons. The third kappa shape index (κ3) is 1.92. The summed E-state index contributed by atoms with van der Waals surface area (Å²) in [4.78, 5) is 12.3. The van der Waals surface area contributed by atoms with Crippen LogP contribution in [0, 0.1) is 0 Å². The molecular weight excluding hydrogens is 284 g/mol. The molecule has 0 aliphatic rings. The van der Waals surface area contributed by atoms with Gasteiger partial charge in [0.2, 0.25) is 0 Å². The molecule has 0 saturated carbocycles. The van der Waals surface area contributed by atoms with E-state index in [1.54, 1.807) is 12.3 Å². The molecule has 0 aliphatic heterocycles. The minimum absolute atomic E-state index is 0.563. The van der Waals surface area contributed by atoms with E-state index in [-0.39, 0.29) is 0 Å². The van der Waals surface area contributed by atoms with Crippen molar-refractivity contribution in [3.63, 3.8) is 0 Å². The minimum atomic E-state index is 0.563. The molecular formula is C16H11ClN4. The highest BCUT2D eigenvalue weighted by Crippen LogP contribution is 2.30. The highest BCUT2D eigenvalue weighted by atomic mass is 35.5. The second-order valence-electron chi connectivity index (χ2n) is 4.86. The van der Waals surface area contributed by atoms with Crippen LogP contribution in [0.2, 0.25) is 5.02 Å². The highest BCUT2D eigenvalue weighted by Gasteiger charge is 2.11. The maximum Gasteiger partial charge on any atom is 0.140 e. The van der Waals surface area contributed by atoms with Crippen molar-refractivity contribution in [3.8, 4) is 11.4 Å². The SMILES string of the molecule is Nc1cc(Cl)cc2[nH]c(-c3cccc4cccnc34)nc12. The number of aromatic nitrogens is 3. The summed E-state index contributed by atoms with van der Waals surface area (Å²) in [6.45, 7) is 0. The maximum atomic E-state index is 6.03. The van der Waals surface area contributed by atoms with Gasteiger partial charge in [-0.15, -0.1) is 0 Å².